The number of rotatable bonds is 6. The molecule has 8 aromatic rings. The summed E-state index contributed by atoms with van der Waals surface area (Å²) in [5, 5.41) is 40.9. The molecule has 14 nitrogen and oxygen atoms in total. The number of nitriles is 4. The van der Waals surface area contributed by atoms with E-state index >= 15 is 0 Å². The Bertz CT molecular complexity index is 4100. The lowest BCUT2D eigenvalue weighted by molar-refractivity contribution is 0.0975. The number of thiophene rings is 2. The molecule has 4 aromatic heterocycles. The fourth-order valence-electron chi connectivity index (χ4n) is 9.95. The second-order valence-electron chi connectivity index (χ2n) is 17.7. The number of hydrogen-bond donors (Lipinski definition) is 0. The third-order valence-electron chi connectivity index (χ3n) is 13.4. The predicted molar refractivity (Wildman–Crippen MR) is 272 cm³/mol. The first kappa shape index (κ1) is 45.1. The summed E-state index contributed by atoms with van der Waals surface area (Å²) in [5.74, 6) is -3.10. The van der Waals surface area contributed by atoms with Crippen LogP contribution in [0.1, 0.15) is 84.6 Å². The molecule has 0 spiro atoms. The Morgan fingerprint density at radius 3 is 1.16 bits per heavy atom. The lowest BCUT2D eigenvalue weighted by Crippen LogP contribution is -2.42. The Morgan fingerprint density at radius 1 is 0.500 bits per heavy atom. The van der Waals surface area contributed by atoms with E-state index in [-0.39, 0.29) is 80.7 Å². The topological polar surface area (TPSA) is 226 Å². The van der Waals surface area contributed by atoms with Crippen LogP contribution in [-0.2, 0) is 22.7 Å². The minimum atomic E-state index is -0.675. The predicted octanol–water partition coefficient (Wildman–Crippen LogP) is 7.58. The molecule has 12 rings (SSSR count). The second-order valence-corrected chi connectivity index (χ2v) is 19.8. The van der Waals surface area contributed by atoms with Gasteiger partial charge in [0.1, 0.15) is 37.5 Å². The molecule has 0 amide bonds. The highest BCUT2D eigenvalue weighted by molar-refractivity contribution is 7.20. The van der Waals surface area contributed by atoms with Gasteiger partial charge in [0, 0.05) is 54.3 Å². The van der Waals surface area contributed by atoms with Crippen molar-refractivity contribution in [2.75, 3.05) is 0 Å². The van der Waals surface area contributed by atoms with Gasteiger partial charge in [0.15, 0.2) is 23.1 Å². The molecule has 4 aromatic carbocycles. The SMILES string of the molecule is N#Cc1cc2c(cc1C#N)C(=O)C(=Cc1cc3c(s1)c1c(n3C(=O)OCc3ccccc3)=CC3C=c4c(n(C(=O)OCc5ccccc5)c5cc(C=C6C(=O)c7cc(C#N)c(C#N)cc7C6=O)sc45)=CC3C=1)C2=O. The third-order valence-corrected chi connectivity index (χ3v) is 15.6. The number of benzene rings is 4. The first-order valence-corrected chi connectivity index (χ1v) is 24.4. The zero-order valence-electron chi connectivity index (χ0n) is 38.0. The summed E-state index contributed by atoms with van der Waals surface area (Å²) in [6.07, 6.45) is 9.49. The number of carbonyl (C=O) groups is 6. The molecule has 0 fully saturated rings. The van der Waals surface area contributed by atoms with Crippen LogP contribution in [0.15, 0.2) is 108 Å². The minimum absolute atomic E-state index is 0.0199. The van der Waals surface area contributed by atoms with Crippen LogP contribution >= 0.6 is 22.7 Å². The number of carbonyl (C=O) groups excluding carboxylic acids is 6. The number of nitrogens with zero attached hydrogens (tertiary/aromatic N) is 6. The third kappa shape index (κ3) is 7.09. The number of allylic oxidation sites excluding steroid dienone is 2. The lowest BCUT2D eigenvalue weighted by atomic mass is 9.84. The molecule has 4 aliphatic carbocycles. The van der Waals surface area contributed by atoms with Crippen molar-refractivity contribution in [2.24, 2.45) is 11.8 Å². The smallest absolute Gasteiger partial charge is 0.419 e. The average molecular weight is 1000 g/mol. The molecular formula is C58H28N6O8S2. The first-order chi connectivity index (χ1) is 36.0. The van der Waals surface area contributed by atoms with Gasteiger partial charge >= 0.3 is 12.2 Å². The van der Waals surface area contributed by atoms with Gasteiger partial charge in [0.2, 0.25) is 0 Å². The van der Waals surface area contributed by atoms with Crippen LogP contribution in [0.25, 0.3) is 56.9 Å². The van der Waals surface area contributed by atoms with E-state index in [1.807, 2.05) is 109 Å². The number of fused-ring (bicyclic) bond motifs is 9. The lowest BCUT2D eigenvalue weighted by Gasteiger charge is -2.21. The Morgan fingerprint density at radius 2 is 0.838 bits per heavy atom. The Hall–Kier alpha value is -10.1. The standard InChI is InChI=1S/C58H28N6O8S2/c59-23-33-13-39-40(14-34(33)24-60)52(66)45(51(39)65)19-37-21-49-55(73-37)43-11-32-18-48-44(12-31(32)17-47(43)63(49)57(69)71-27-29-7-3-1-4-8-29)56-50(64(48)58(70)72-28-30-9-5-2-6-10-30)22-38(74-56)20-46-53(67)41-15-35(25-61)36(26-62)16-42(41)54(46)68/h1-22,31-32H,27-28H2. The van der Waals surface area contributed by atoms with E-state index in [1.54, 1.807) is 12.1 Å². The summed E-state index contributed by atoms with van der Waals surface area (Å²) in [6, 6.07) is 34.5. The van der Waals surface area contributed by atoms with Crippen molar-refractivity contribution in [3.05, 3.63) is 195 Å². The van der Waals surface area contributed by atoms with Gasteiger partial charge in [-0.2, -0.15) is 21.0 Å². The van der Waals surface area contributed by atoms with Gasteiger partial charge in [0.25, 0.3) is 0 Å². The van der Waals surface area contributed by atoms with E-state index < -0.39 is 35.3 Å². The number of hydrogen-bond acceptors (Lipinski definition) is 14. The normalized spacial score (nSPS) is 15.7. The fourth-order valence-corrected chi connectivity index (χ4v) is 12.2. The quantitative estimate of drug-likeness (QED) is 0.116. The van der Waals surface area contributed by atoms with Gasteiger partial charge in [-0.05, 0) is 59.7 Å². The van der Waals surface area contributed by atoms with E-state index in [2.05, 4.69) is 0 Å². The highest BCUT2D eigenvalue weighted by Gasteiger charge is 2.37. The van der Waals surface area contributed by atoms with Gasteiger partial charge < -0.3 is 9.47 Å². The maximum Gasteiger partial charge on any atom is 0.419 e. The molecule has 16 heteroatoms. The van der Waals surface area contributed by atoms with Crippen molar-refractivity contribution in [2.45, 2.75) is 13.2 Å². The van der Waals surface area contributed by atoms with Crippen molar-refractivity contribution < 1.29 is 38.2 Å². The molecule has 0 saturated carbocycles. The summed E-state index contributed by atoms with van der Waals surface area (Å²) in [6.45, 7) is -0.0582. The Labute approximate surface area is 425 Å². The summed E-state index contributed by atoms with van der Waals surface area (Å²) in [5.41, 5.74) is 2.17. The molecule has 0 radical (unpaired) electrons. The van der Waals surface area contributed by atoms with E-state index in [1.165, 1.54) is 68.2 Å². The van der Waals surface area contributed by atoms with Crippen LogP contribution in [-0.4, -0.2) is 44.5 Å². The van der Waals surface area contributed by atoms with Crippen molar-refractivity contribution in [1.82, 2.24) is 9.13 Å². The maximum atomic E-state index is 14.4. The van der Waals surface area contributed by atoms with Crippen LogP contribution in [0.4, 0.5) is 9.59 Å². The molecule has 0 N–H and O–H groups in total. The molecular weight excluding hydrogens is 973 g/mol. The van der Waals surface area contributed by atoms with Gasteiger partial charge in [0.05, 0.1) is 64.5 Å². The fraction of sp³-hybridized carbons (Fsp3) is 0.0690. The molecule has 2 unspecified atom stereocenters. The van der Waals surface area contributed by atoms with Gasteiger partial charge in [-0.3, -0.25) is 19.2 Å². The Kier molecular flexibility index (Phi) is 10.6. The Balaban J connectivity index is 0.989. The van der Waals surface area contributed by atoms with E-state index in [0.717, 1.165) is 11.1 Å². The van der Waals surface area contributed by atoms with Crippen LogP contribution in [0.2, 0.25) is 0 Å². The van der Waals surface area contributed by atoms with Crippen molar-refractivity contribution in [3.63, 3.8) is 0 Å². The molecule has 0 aliphatic heterocycles. The minimum Gasteiger partial charge on any atom is -0.444 e. The maximum absolute atomic E-state index is 14.4. The molecule has 74 heavy (non-hydrogen) atoms. The molecule has 0 bridgehead atoms. The molecule has 350 valence electrons. The van der Waals surface area contributed by atoms with Crippen LogP contribution in [0.5, 0.6) is 0 Å². The highest BCUT2D eigenvalue weighted by atomic mass is 32.1. The molecule has 4 heterocycles. The van der Waals surface area contributed by atoms with Crippen molar-refractivity contribution in [3.8, 4) is 24.3 Å². The monoisotopic (exact) mass is 1000 g/mol. The van der Waals surface area contributed by atoms with Crippen LogP contribution < -0.4 is 21.1 Å². The van der Waals surface area contributed by atoms with E-state index in [4.69, 9.17) is 9.47 Å². The summed E-state index contributed by atoms with van der Waals surface area (Å²) in [7, 11) is 0. The largest absolute Gasteiger partial charge is 0.444 e. The molecule has 2 atom stereocenters. The van der Waals surface area contributed by atoms with Crippen LogP contribution in [0, 0.1) is 57.2 Å². The van der Waals surface area contributed by atoms with Gasteiger partial charge in [-0.15, -0.1) is 22.7 Å². The summed E-state index contributed by atoms with van der Waals surface area (Å²) < 4.78 is 16.1. The first-order valence-electron chi connectivity index (χ1n) is 22.7. The molecule has 4 aliphatic rings. The number of ether oxygens (including phenoxy) is 2. The van der Waals surface area contributed by atoms with Gasteiger partial charge in [-0.25, -0.2) is 18.7 Å². The van der Waals surface area contributed by atoms with Crippen LogP contribution in [0.3, 0.4) is 0 Å². The van der Waals surface area contributed by atoms with E-state index in [0.29, 0.717) is 51.3 Å². The second kappa shape index (κ2) is 17.3. The summed E-state index contributed by atoms with van der Waals surface area (Å²) in [4.78, 5) is 84.5. The number of aromatic nitrogens is 2. The highest BCUT2D eigenvalue weighted by Crippen LogP contribution is 2.36. The van der Waals surface area contributed by atoms with Crippen molar-refractivity contribution in [1.29, 1.82) is 21.0 Å². The number of Topliss-reactive ketones (excluding diaryl/α,β-unsaturated/α-hetero) is 4. The average Bonchev–Trinajstić information content (AvgIpc) is 4.25. The summed E-state index contributed by atoms with van der Waals surface area (Å²) >= 11 is 2.52. The van der Waals surface area contributed by atoms with E-state index in [9.17, 15) is 49.8 Å². The van der Waals surface area contributed by atoms with Crippen molar-refractivity contribution >= 4 is 115 Å². The number of ketones is 4. The zero-order valence-corrected chi connectivity index (χ0v) is 39.7. The molecule has 0 saturated heterocycles. The zero-order chi connectivity index (χ0) is 51.1. The van der Waals surface area contributed by atoms with Gasteiger partial charge in [-0.1, -0.05) is 85.0 Å².